The predicted molar refractivity (Wildman–Crippen MR) is 55.2 cm³/mol. The van der Waals surface area contributed by atoms with E-state index >= 15 is 0 Å². The Balaban J connectivity index is 1.86. The van der Waals surface area contributed by atoms with E-state index in [9.17, 15) is 9.59 Å². The number of likely N-dealkylation sites (tertiary alicyclic amines) is 1. The lowest BCUT2D eigenvalue weighted by Gasteiger charge is -2.15. The number of carbonyl (C=O) groups is 2. The lowest BCUT2D eigenvalue weighted by Crippen LogP contribution is -2.47. The minimum atomic E-state index is -0.301. The van der Waals surface area contributed by atoms with Gasteiger partial charge in [-0.1, -0.05) is 0 Å². The average molecular weight is 211 g/mol. The topological polar surface area (TPSA) is 61.4 Å². The molecule has 2 saturated heterocycles. The molecule has 5 nitrogen and oxygen atoms in total. The molecule has 2 atom stereocenters. The molecule has 2 aliphatic heterocycles. The van der Waals surface area contributed by atoms with Gasteiger partial charge in [0.15, 0.2) is 0 Å². The highest BCUT2D eigenvalue weighted by Crippen LogP contribution is 2.10. The molecule has 2 amide bonds. The first-order chi connectivity index (χ1) is 7.18. The summed E-state index contributed by atoms with van der Waals surface area (Å²) >= 11 is 0. The zero-order valence-electron chi connectivity index (χ0n) is 8.95. The highest BCUT2D eigenvalue weighted by atomic mass is 16.2. The van der Waals surface area contributed by atoms with E-state index in [1.807, 2.05) is 0 Å². The SMILES string of the molecule is CN1CCC(NC(=O)[C@H]2CCCN2)C1=O. The Morgan fingerprint density at radius 3 is 2.87 bits per heavy atom. The van der Waals surface area contributed by atoms with Gasteiger partial charge >= 0.3 is 0 Å². The fourth-order valence-electron chi connectivity index (χ4n) is 2.14. The molecule has 2 N–H and O–H groups in total. The highest BCUT2D eigenvalue weighted by molar-refractivity contribution is 5.90. The van der Waals surface area contributed by atoms with E-state index in [4.69, 9.17) is 0 Å². The van der Waals surface area contributed by atoms with Crippen LogP contribution in [0.15, 0.2) is 0 Å². The van der Waals surface area contributed by atoms with Crippen LogP contribution >= 0.6 is 0 Å². The molecule has 2 fully saturated rings. The Hall–Kier alpha value is -1.10. The fourth-order valence-corrected chi connectivity index (χ4v) is 2.14. The molecule has 0 aromatic heterocycles. The molecule has 15 heavy (non-hydrogen) atoms. The van der Waals surface area contributed by atoms with Crippen molar-refractivity contribution in [3.05, 3.63) is 0 Å². The Morgan fingerprint density at radius 2 is 2.33 bits per heavy atom. The Bertz CT molecular complexity index is 274. The van der Waals surface area contributed by atoms with Crippen molar-refractivity contribution >= 4 is 11.8 Å². The number of amides is 2. The Morgan fingerprint density at radius 1 is 1.53 bits per heavy atom. The molecule has 84 valence electrons. The van der Waals surface area contributed by atoms with Crippen LogP contribution in [0.1, 0.15) is 19.3 Å². The van der Waals surface area contributed by atoms with Gasteiger partial charge in [0.05, 0.1) is 6.04 Å². The summed E-state index contributed by atoms with van der Waals surface area (Å²) in [7, 11) is 1.77. The molecule has 2 rings (SSSR count). The summed E-state index contributed by atoms with van der Waals surface area (Å²) in [6.45, 7) is 1.64. The third kappa shape index (κ3) is 2.12. The molecule has 0 spiro atoms. The van der Waals surface area contributed by atoms with Crippen molar-refractivity contribution in [1.82, 2.24) is 15.5 Å². The number of hydrogen-bond acceptors (Lipinski definition) is 3. The van der Waals surface area contributed by atoms with E-state index < -0.39 is 0 Å². The Kier molecular flexibility index (Phi) is 2.90. The number of rotatable bonds is 2. The highest BCUT2D eigenvalue weighted by Gasteiger charge is 2.32. The average Bonchev–Trinajstić information content (AvgIpc) is 2.83. The summed E-state index contributed by atoms with van der Waals surface area (Å²) in [6, 6.07) is -0.395. The van der Waals surface area contributed by atoms with E-state index in [0.29, 0.717) is 0 Å². The van der Waals surface area contributed by atoms with Gasteiger partial charge in [-0.25, -0.2) is 0 Å². The monoisotopic (exact) mass is 211 g/mol. The minimum Gasteiger partial charge on any atom is -0.344 e. The van der Waals surface area contributed by atoms with Crippen LogP contribution in [0.3, 0.4) is 0 Å². The van der Waals surface area contributed by atoms with Crippen molar-refractivity contribution in [2.75, 3.05) is 20.1 Å². The summed E-state index contributed by atoms with van der Waals surface area (Å²) in [5, 5.41) is 5.93. The maximum Gasteiger partial charge on any atom is 0.244 e. The zero-order chi connectivity index (χ0) is 10.8. The van der Waals surface area contributed by atoms with Gasteiger partial charge in [-0.2, -0.15) is 0 Å². The molecule has 0 aliphatic carbocycles. The van der Waals surface area contributed by atoms with E-state index in [0.717, 1.165) is 32.4 Å². The summed E-state index contributed by atoms with van der Waals surface area (Å²) < 4.78 is 0. The standard InChI is InChI=1S/C10H17N3O2/c1-13-6-4-8(10(13)15)12-9(14)7-3-2-5-11-7/h7-8,11H,2-6H2,1H3,(H,12,14)/t7-,8?/m1/s1. The van der Waals surface area contributed by atoms with Crippen molar-refractivity contribution in [2.24, 2.45) is 0 Å². The van der Waals surface area contributed by atoms with Crippen LogP contribution < -0.4 is 10.6 Å². The van der Waals surface area contributed by atoms with Crippen molar-refractivity contribution in [1.29, 1.82) is 0 Å². The normalized spacial score (nSPS) is 31.0. The number of likely N-dealkylation sites (N-methyl/N-ethyl adjacent to an activating group) is 1. The first kappa shape index (κ1) is 10.4. The molecule has 5 heteroatoms. The summed E-state index contributed by atoms with van der Waals surface area (Å²) in [5.41, 5.74) is 0. The Labute approximate surface area is 89.2 Å². The number of carbonyl (C=O) groups excluding carboxylic acids is 2. The van der Waals surface area contributed by atoms with Gasteiger partial charge in [0.2, 0.25) is 11.8 Å². The van der Waals surface area contributed by atoms with Gasteiger partial charge in [0.1, 0.15) is 6.04 Å². The second kappa shape index (κ2) is 4.18. The van der Waals surface area contributed by atoms with Crippen LogP contribution in [-0.2, 0) is 9.59 Å². The molecule has 1 unspecified atom stereocenters. The molecular formula is C10H17N3O2. The van der Waals surface area contributed by atoms with Crippen LogP contribution in [0.5, 0.6) is 0 Å². The molecule has 0 radical (unpaired) electrons. The molecule has 2 aliphatic rings. The number of nitrogens with one attached hydrogen (secondary N) is 2. The lowest BCUT2D eigenvalue weighted by molar-refractivity contribution is -0.132. The van der Waals surface area contributed by atoms with Gasteiger partial charge in [0.25, 0.3) is 0 Å². The van der Waals surface area contributed by atoms with Crippen LogP contribution in [-0.4, -0.2) is 48.9 Å². The lowest BCUT2D eigenvalue weighted by atomic mass is 10.2. The van der Waals surface area contributed by atoms with E-state index in [2.05, 4.69) is 10.6 Å². The molecule has 0 aromatic rings. The van der Waals surface area contributed by atoms with Crippen LogP contribution in [0.4, 0.5) is 0 Å². The van der Waals surface area contributed by atoms with Crippen molar-refractivity contribution in [3.8, 4) is 0 Å². The van der Waals surface area contributed by atoms with Crippen LogP contribution in [0.25, 0.3) is 0 Å². The van der Waals surface area contributed by atoms with Crippen molar-refractivity contribution in [2.45, 2.75) is 31.3 Å². The first-order valence-electron chi connectivity index (χ1n) is 5.47. The maximum atomic E-state index is 11.7. The zero-order valence-corrected chi connectivity index (χ0v) is 8.95. The van der Waals surface area contributed by atoms with Gasteiger partial charge in [-0.15, -0.1) is 0 Å². The smallest absolute Gasteiger partial charge is 0.244 e. The molecule has 0 aromatic carbocycles. The third-order valence-electron chi connectivity index (χ3n) is 3.12. The summed E-state index contributed by atoms with van der Waals surface area (Å²) in [4.78, 5) is 24.9. The van der Waals surface area contributed by atoms with Gasteiger partial charge in [0, 0.05) is 13.6 Å². The molecule has 0 saturated carbocycles. The number of hydrogen-bond donors (Lipinski definition) is 2. The molecule has 2 heterocycles. The van der Waals surface area contributed by atoms with Gasteiger partial charge in [-0.3, -0.25) is 9.59 Å². The van der Waals surface area contributed by atoms with E-state index in [1.54, 1.807) is 11.9 Å². The predicted octanol–water partition coefficient (Wildman–Crippen LogP) is -0.915. The van der Waals surface area contributed by atoms with E-state index in [-0.39, 0.29) is 23.9 Å². The minimum absolute atomic E-state index is 0.0267. The second-order valence-corrected chi connectivity index (χ2v) is 4.26. The van der Waals surface area contributed by atoms with Gasteiger partial charge < -0.3 is 15.5 Å². The quantitative estimate of drug-likeness (QED) is 0.621. The summed E-state index contributed by atoms with van der Waals surface area (Å²) in [6.07, 6.45) is 2.65. The third-order valence-corrected chi connectivity index (χ3v) is 3.12. The molecular weight excluding hydrogens is 194 g/mol. The maximum absolute atomic E-state index is 11.7. The van der Waals surface area contributed by atoms with Crippen molar-refractivity contribution < 1.29 is 9.59 Å². The van der Waals surface area contributed by atoms with Crippen molar-refractivity contribution in [3.63, 3.8) is 0 Å². The first-order valence-corrected chi connectivity index (χ1v) is 5.47. The number of nitrogens with zero attached hydrogens (tertiary/aromatic N) is 1. The fraction of sp³-hybridized carbons (Fsp3) is 0.800. The van der Waals surface area contributed by atoms with Crippen LogP contribution in [0.2, 0.25) is 0 Å². The van der Waals surface area contributed by atoms with Gasteiger partial charge in [-0.05, 0) is 25.8 Å². The van der Waals surface area contributed by atoms with E-state index in [1.165, 1.54) is 0 Å². The second-order valence-electron chi connectivity index (χ2n) is 4.26. The largest absolute Gasteiger partial charge is 0.344 e. The summed E-state index contributed by atoms with van der Waals surface area (Å²) in [5.74, 6) is 0.00231. The molecule has 0 bridgehead atoms. The van der Waals surface area contributed by atoms with Crippen LogP contribution in [0, 0.1) is 0 Å².